The van der Waals surface area contributed by atoms with Crippen LogP contribution in [0.2, 0.25) is 0 Å². The van der Waals surface area contributed by atoms with Crippen LogP contribution in [0.1, 0.15) is 13.8 Å². The highest BCUT2D eigenvalue weighted by molar-refractivity contribution is 5.79. The van der Waals surface area contributed by atoms with Crippen LogP contribution in [0, 0.1) is 0 Å². The van der Waals surface area contributed by atoms with E-state index in [2.05, 4.69) is 18.0 Å². The summed E-state index contributed by atoms with van der Waals surface area (Å²) >= 11 is 0. The van der Waals surface area contributed by atoms with E-state index in [1.807, 2.05) is 44.0 Å². The molecule has 0 amide bonds. The van der Waals surface area contributed by atoms with Crippen LogP contribution in [0.15, 0.2) is 36.7 Å². The first kappa shape index (κ1) is 9.65. The lowest BCUT2D eigenvalue weighted by molar-refractivity contribution is 1.17. The summed E-state index contributed by atoms with van der Waals surface area (Å²) in [6.45, 7) is 7.86. The van der Waals surface area contributed by atoms with Crippen molar-refractivity contribution in [3.8, 4) is 0 Å². The van der Waals surface area contributed by atoms with E-state index in [-0.39, 0.29) is 0 Å². The molecule has 1 N–H and O–H groups in total. The van der Waals surface area contributed by atoms with Gasteiger partial charge in [-0.15, -0.1) is 0 Å². The third-order valence-corrected chi connectivity index (χ3v) is 1.95. The maximum absolute atomic E-state index is 3.86. The van der Waals surface area contributed by atoms with Crippen molar-refractivity contribution in [3.63, 3.8) is 0 Å². The minimum Gasteiger partial charge on any atom is -0.340 e. The van der Waals surface area contributed by atoms with Gasteiger partial charge in [-0.05, 0) is 12.1 Å². The molecule has 2 rings (SSSR count). The van der Waals surface area contributed by atoms with E-state index in [9.17, 15) is 0 Å². The van der Waals surface area contributed by atoms with Gasteiger partial charge in [0.05, 0.1) is 11.4 Å². The number of rotatable bonds is 0. The molecule has 0 aromatic heterocycles. The minimum atomic E-state index is 0.936. The molecule has 1 heterocycles. The summed E-state index contributed by atoms with van der Waals surface area (Å²) in [6.07, 6.45) is 0. The molecule has 0 saturated carbocycles. The Bertz CT molecular complexity index is 305. The number of hydrogen-bond acceptors (Lipinski definition) is 2. The van der Waals surface area contributed by atoms with E-state index in [0.717, 1.165) is 11.5 Å². The molecule has 1 aromatic rings. The Hall–Kier alpha value is -1.44. The Balaban J connectivity index is 0.000000396. The molecule has 2 nitrogen and oxygen atoms in total. The molecule has 0 unspecified atom stereocenters. The highest BCUT2D eigenvalue weighted by atomic mass is 15.3. The number of hydrogen-bond donors (Lipinski definition) is 1. The fourth-order valence-electron chi connectivity index (χ4n) is 1.26. The number of nitrogens with zero attached hydrogens (tertiary/aromatic N) is 1. The summed E-state index contributed by atoms with van der Waals surface area (Å²) in [7, 11) is 2.00. The zero-order valence-corrected chi connectivity index (χ0v) is 8.46. The first-order valence-corrected chi connectivity index (χ1v) is 4.58. The Kier molecular flexibility index (Phi) is 2.96. The third kappa shape index (κ3) is 1.66. The molecular weight excluding hydrogens is 160 g/mol. The average molecular weight is 176 g/mol. The maximum Gasteiger partial charge on any atom is 0.103 e. The SMILES string of the molecule is C=C1Nc2ccccc2N1C.CC. The number of para-hydroxylation sites is 2. The normalized spacial score (nSPS) is 12.8. The van der Waals surface area contributed by atoms with E-state index >= 15 is 0 Å². The number of fused-ring (bicyclic) bond motifs is 1. The lowest BCUT2D eigenvalue weighted by atomic mass is 10.3. The predicted molar refractivity (Wildman–Crippen MR) is 59.0 cm³/mol. The van der Waals surface area contributed by atoms with Gasteiger partial charge in [0.1, 0.15) is 5.82 Å². The summed E-state index contributed by atoms with van der Waals surface area (Å²) in [5.74, 6) is 0.936. The molecule has 13 heavy (non-hydrogen) atoms. The lowest BCUT2D eigenvalue weighted by Crippen LogP contribution is -2.12. The molecule has 0 saturated heterocycles. The minimum absolute atomic E-state index is 0.936. The number of benzene rings is 1. The second-order valence-corrected chi connectivity index (χ2v) is 2.65. The van der Waals surface area contributed by atoms with Gasteiger partial charge in [-0.1, -0.05) is 32.6 Å². The lowest BCUT2D eigenvalue weighted by Gasteiger charge is -2.10. The van der Waals surface area contributed by atoms with Gasteiger partial charge in [-0.2, -0.15) is 0 Å². The van der Waals surface area contributed by atoms with Crippen molar-refractivity contribution < 1.29 is 0 Å². The van der Waals surface area contributed by atoms with E-state index in [1.54, 1.807) is 0 Å². The molecule has 0 fully saturated rings. The highest BCUT2D eigenvalue weighted by Gasteiger charge is 2.16. The molecule has 0 radical (unpaired) electrons. The summed E-state index contributed by atoms with van der Waals surface area (Å²) in [5, 5.41) is 3.18. The van der Waals surface area contributed by atoms with Crippen LogP contribution in [0.3, 0.4) is 0 Å². The second-order valence-electron chi connectivity index (χ2n) is 2.65. The smallest absolute Gasteiger partial charge is 0.103 e. The fraction of sp³-hybridized carbons (Fsp3) is 0.273. The van der Waals surface area contributed by atoms with E-state index < -0.39 is 0 Å². The summed E-state index contributed by atoms with van der Waals surface area (Å²) in [5.41, 5.74) is 2.33. The quantitative estimate of drug-likeness (QED) is 0.653. The highest BCUT2D eigenvalue weighted by Crippen LogP contribution is 2.33. The first-order chi connectivity index (χ1) is 6.29. The predicted octanol–water partition coefficient (Wildman–Crippen LogP) is 3.05. The van der Waals surface area contributed by atoms with E-state index in [0.29, 0.717) is 0 Å². The molecule has 70 valence electrons. The van der Waals surface area contributed by atoms with E-state index in [1.165, 1.54) is 5.69 Å². The van der Waals surface area contributed by atoms with Crippen LogP contribution < -0.4 is 10.2 Å². The number of nitrogens with one attached hydrogen (secondary N) is 1. The van der Waals surface area contributed by atoms with Crippen LogP contribution in [-0.2, 0) is 0 Å². The monoisotopic (exact) mass is 176 g/mol. The fourth-order valence-corrected chi connectivity index (χ4v) is 1.26. The van der Waals surface area contributed by atoms with E-state index in [4.69, 9.17) is 0 Å². The first-order valence-electron chi connectivity index (χ1n) is 4.58. The van der Waals surface area contributed by atoms with Crippen LogP contribution in [0.4, 0.5) is 11.4 Å². The van der Waals surface area contributed by atoms with Gasteiger partial charge in [0, 0.05) is 7.05 Å². The standard InChI is InChI=1S/C9H10N2.C2H6/c1-7-10-8-5-3-4-6-9(8)11(7)2;1-2/h3-6,10H,1H2,2H3;1-2H3. The van der Waals surface area contributed by atoms with Gasteiger partial charge >= 0.3 is 0 Å². The molecule has 0 bridgehead atoms. The average Bonchev–Trinajstić information content (AvgIpc) is 2.47. The Morgan fingerprint density at radius 2 is 1.85 bits per heavy atom. The van der Waals surface area contributed by atoms with Gasteiger partial charge in [-0.25, -0.2) is 0 Å². The molecule has 1 aliphatic heterocycles. The van der Waals surface area contributed by atoms with Crippen molar-refractivity contribution in [1.82, 2.24) is 0 Å². The van der Waals surface area contributed by atoms with Crippen molar-refractivity contribution in [2.75, 3.05) is 17.3 Å². The van der Waals surface area contributed by atoms with Crippen LogP contribution in [-0.4, -0.2) is 7.05 Å². The molecule has 1 aromatic carbocycles. The van der Waals surface area contributed by atoms with Gasteiger partial charge in [0.15, 0.2) is 0 Å². The topological polar surface area (TPSA) is 15.3 Å². The van der Waals surface area contributed by atoms with Crippen molar-refractivity contribution in [3.05, 3.63) is 36.7 Å². The second kappa shape index (κ2) is 3.99. The Morgan fingerprint density at radius 3 is 2.46 bits per heavy atom. The van der Waals surface area contributed by atoms with Crippen LogP contribution in [0.5, 0.6) is 0 Å². The van der Waals surface area contributed by atoms with Crippen LogP contribution in [0.25, 0.3) is 0 Å². The Labute approximate surface area is 79.9 Å². The molecule has 0 atom stereocenters. The molecular formula is C11H16N2. The molecule has 0 aliphatic carbocycles. The number of anilines is 2. The molecule has 1 aliphatic rings. The van der Waals surface area contributed by atoms with Crippen molar-refractivity contribution in [2.24, 2.45) is 0 Å². The van der Waals surface area contributed by atoms with Gasteiger partial charge in [0.2, 0.25) is 0 Å². The summed E-state index contributed by atoms with van der Waals surface area (Å²) in [4.78, 5) is 2.04. The maximum atomic E-state index is 3.86. The summed E-state index contributed by atoms with van der Waals surface area (Å²) in [6, 6.07) is 8.15. The summed E-state index contributed by atoms with van der Waals surface area (Å²) < 4.78 is 0. The van der Waals surface area contributed by atoms with Crippen LogP contribution >= 0.6 is 0 Å². The van der Waals surface area contributed by atoms with Crippen molar-refractivity contribution >= 4 is 11.4 Å². The largest absolute Gasteiger partial charge is 0.340 e. The molecule has 2 heteroatoms. The molecule has 0 spiro atoms. The van der Waals surface area contributed by atoms with Crippen molar-refractivity contribution in [1.29, 1.82) is 0 Å². The zero-order valence-electron chi connectivity index (χ0n) is 8.46. The van der Waals surface area contributed by atoms with Gasteiger partial charge in [-0.3, -0.25) is 0 Å². The van der Waals surface area contributed by atoms with Crippen molar-refractivity contribution in [2.45, 2.75) is 13.8 Å². The zero-order chi connectivity index (χ0) is 9.84. The van der Waals surface area contributed by atoms with Gasteiger partial charge < -0.3 is 10.2 Å². The van der Waals surface area contributed by atoms with Gasteiger partial charge in [0.25, 0.3) is 0 Å². The third-order valence-electron chi connectivity index (χ3n) is 1.95. The Morgan fingerprint density at radius 1 is 1.23 bits per heavy atom.